The van der Waals surface area contributed by atoms with Crippen LogP contribution < -0.4 is 0 Å². The van der Waals surface area contributed by atoms with Crippen LogP contribution in [-0.2, 0) is 14.3 Å². The molecule has 0 aromatic heterocycles. The highest BCUT2D eigenvalue weighted by molar-refractivity contribution is 5.71. The summed E-state index contributed by atoms with van der Waals surface area (Å²) in [6.45, 7) is 4.54. The second kappa shape index (κ2) is 23.2. The van der Waals surface area contributed by atoms with Crippen molar-refractivity contribution in [2.24, 2.45) is 0 Å². The van der Waals surface area contributed by atoms with Crippen LogP contribution in [0.5, 0.6) is 0 Å². The van der Waals surface area contributed by atoms with E-state index in [0.717, 1.165) is 25.9 Å². The molecule has 4 nitrogen and oxygen atoms in total. The van der Waals surface area contributed by atoms with Crippen molar-refractivity contribution in [1.29, 1.82) is 0 Å². The zero-order chi connectivity index (χ0) is 21.4. The molecule has 0 aliphatic heterocycles. The molecule has 0 atom stereocenters. The number of carbonyl (C=O) groups excluding carboxylic acids is 1. The van der Waals surface area contributed by atoms with Crippen molar-refractivity contribution in [1.82, 2.24) is 4.90 Å². The van der Waals surface area contributed by atoms with Gasteiger partial charge < -0.3 is 9.47 Å². The third-order valence-electron chi connectivity index (χ3n) is 4.63. The number of carbonyl (C=O) groups is 1. The number of allylic oxidation sites excluding steroid dienone is 4. The molecule has 0 heterocycles. The van der Waals surface area contributed by atoms with Gasteiger partial charge in [0.15, 0.2) is 0 Å². The van der Waals surface area contributed by atoms with E-state index in [4.69, 9.17) is 9.47 Å². The van der Waals surface area contributed by atoms with Crippen molar-refractivity contribution >= 4 is 5.97 Å². The Balaban J connectivity index is 3.18. The summed E-state index contributed by atoms with van der Waals surface area (Å²) >= 11 is 0. The van der Waals surface area contributed by atoms with Crippen LogP contribution >= 0.6 is 0 Å². The summed E-state index contributed by atoms with van der Waals surface area (Å²) in [5, 5.41) is 0. The van der Waals surface area contributed by atoms with E-state index in [9.17, 15) is 4.79 Å². The van der Waals surface area contributed by atoms with E-state index in [-0.39, 0.29) is 5.97 Å². The maximum Gasteiger partial charge on any atom is 0.320 e. The molecule has 0 rings (SSSR count). The van der Waals surface area contributed by atoms with Crippen LogP contribution in [0.2, 0.25) is 0 Å². The SMILES string of the molecule is CCCCC/C=C\C/C=C\CCCCCCCCOCCCOC(=O)CN(C)C. The predicted molar refractivity (Wildman–Crippen MR) is 124 cm³/mol. The Morgan fingerprint density at radius 3 is 1.97 bits per heavy atom. The van der Waals surface area contributed by atoms with Crippen LogP contribution in [0.25, 0.3) is 0 Å². The summed E-state index contributed by atoms with van der Waals surface area (Å²) in [7, 11) is 3.72. The molecule has 0 unspecified atom stereocenters. The summed E-state index contributed by atoms with van der Waals surface area (Å²) in [4.78, 5) is 13.2. The van der Waals surface area contributed by atoms with Gasteiger partial charge in [0.1, 0.15) is 0 Å². The first-order valence-electron chi connectivity index (χ1n) is 11.8. The minimum atomic E-state index is -0.167. The first-order valence-corrected chi connectivity index (χ1v) is 11.8. The van der Waals surface area contributed by atoms with Crippen molar-refractivity contribution < 1.29 is 14.3 Å². The van der Waals surface area contributed by atoms with Gasteiger partial charge in [-0.2, -0.15) is 0 Å². The van der Waals surface area contributed by atoms with E-state index in [0.29, 0.717) is 19.8 Å². The summed E-state index contributed by atoms with van der Waals surface area (Å²) in [6, 6.07) is 0. The second-order valence-electron chi connectivity index (χ2n) is 8.01. The fourth-order valence-corrected chi connectivity index (χ4v) is 2.95. The van der Waals surface area contributed by atoms with Crippen LogP contribution in [0.1, 0.15) is 90.4 Å². The zero-order valence-electron chi connectivity index (χ0n) is 19.5. The molecule has 0 bridgehead atoms. The van der Waals surface area contributed by atoms with Crippen molar-refractivity contribution in [2.75, 3.05) is 40.5 Å². The Bertz CT molecular complexity index is 405. The van der Waals surface area contributed by atoms with E-state index in [1.807, 2.05) is 19.0 Å². The lowest BCUT2D eigenvalue weighted by Crippen LogP contribution is -2.24. The van der Waals surface area contributed by atoms with Gasteiger partial charge in [-0.1, -0.05) is 69.8 Å². The number of likely N-dealkylation sites (N-methyl/N-ethyl adjacent to an activating group) is 1. The van der Waals surface area contributed by atoms with E-state index >= 15 is 0 Å². The number of nitrogens with zero attached hydrogens (tertiary/aromatic N) is 1. The maximum atomic E-state index is 11.3. The van der Waals surface area contributed by atoms with E-state index in [1.165, 1.54) is 64.2 Å². The van der Waals surface area contributed by atoms with Crippen molar-refractivity contribution in [3.8, 4) is 0 Å². The lowest BCUT2D eigenvalue weighted by Gasteiger charge is -2.09. The molecule has 29 heavy (non-hydrogen) atoms. The number of rotatable bonds is 21. The molecule has 0 aliphatic rings. The highest BCUT2D eigenvalue weighted by Crippen LogP contribution is 2.08. The fourth-order valence-electron chi connectivity index (χ4n) is 2.95. The Kier molecular flexibility index (Phi) is 22.2. The summed E-state index contributed by atoms with van der Waals surface area (Å²) in [6.07, 6.45) is 25.2. The van der Waals surface area contributed by atoms with Crippen molar-refractivity contribution in [3.63, 3.8) is 0 Å². The highest BCUT2D eigenvalue weighted by Gasteiger charge is 2.03. The first-order chi connectivity index (χ1) is 14.2. The quantitative estimate of drug-likeness (QED) is 0.126. The zero-order valence-corrected chi connectivity index (χ0v) is 19.5. The van der Waals surface area contributed by atoms with Crippen molar-refractivity contribution in [2.45, 2.75) is 90.4 Å². The van der Waals surface area contributed by atoms with Gasteiger partial charge in [0.25, 0.3) is 0 Å². The predicted octanol–water partition coefficient (Wildman–Crippen LogP) is 6.31. The van der Waals surface area contributed by atoms with Crippen LogP contribution in [0, 0.1) is 0 Å². The minimum absolute atomic E-state index is 0.167. The molecule has 0 saturated heterocycles. The average Bonchev–Trinajstić information content (AvgIpc) is 2.68. The largest absolute Gasteiger partial charge is 0.465 e. The monoisotopic (exact) mass is 409 g/mol. The fraction of sp³-hybridized carbons (Fsp3) is 0.800. The Morgan fingerprint density at radius 2 is 1.31 bits per heavy atom. The average molecular weight is 410 g/mol. The lowest BCUT2D eigenvalue weighted by molar-refractivity contribution is -0.144. The second-order valence-corrected chi connectivity index (χ2v) is 8.01. The minimum Gasteiger partial charge on any atom is -0.465 e. The van der Waals surface area contributed by atoms with Gasteiger partial charge in [-0.25, -0.2) is 0 Å². The molecule has 0 saturated carbocycles. The third kappa shape index (κ3) is 24.8. The van der Waals surface area contributed by atoms with Gasteiger partial charge in [-0.3, -0.25) is 9.69 Å². The number of unbranched alkanes of at least 4 members (excludes halogenated alkanes) is 9. The lowest BCUT2D eigenvalue weighted by atomic mass is 10.1. The van der Waals surface area contributed by atoms with Crippen LogP contribution in [0.4, 0.5) is 0 Å². The molecule has 0 N–H and O–H groups in total. The molecule has 0 aromatic rings. The van der Waals surface area contributed by atoms with Gasteiger partial charge >= 0.3 is 5.97 Å². The molecule has 0 aromatic carbocycles. The van der Waals surface area contributed by atoms with Crippen LogP contribution in [-0.4, -0.2) is 51.3 Å². The molecule has 0 radical (unpaired) electrons. The molecule has 0 amide bonds. The number of hydrogen-bond donors (Lipinski definition) is 0. The number of hydrogen-bond acceptors (Lipinski definition) is 4. The molecule has 4 heteroatoms. The summed E-state index contributed by atoms with van der Waals surface area (Å²) in [5.74, 6) is -0.167. The van der Waals surface area contributed by atoms with Gasteiger partial charge in [0.05, 0.1) is 13.2 Å². The van der Waals surface area contributed by atoms with Crippen LogP contribution in [0.3, 0.4) is 0 Å². The summed E-state index contributed by atoms with van der Waals surface area (Å²) < 4.78 is 10.7. The molecule has 0 fully saturated rings. The Labute approximate surface area is 180 Å². The van der Waals surface area contributed by atoms with Gasteiger partial charge in [-0.15, -0.1) is 0 Å². The number of ether oxygens (including phenoxy) is 2. The van der Waals surface area contributed by atoms with E-state index < -0.39 is 0 Å². The molecule has 0 spiro atoms. The Morgan fingerprint density at radius 1 is 0.724 bits per heavy atom. The van der Waals surface area contributed by atoms with E-state index in [1.54, 1.807) is 0 Å². The van der Waals surface area contributed by atoms with Gasteiger partial charge in [0.2, 0.25) is 0 Å². The smallest absolute Gasteiger partial charge is 0.320 e. The highest BCUT2D eigenvalue weighted by atomic mass is 16.5. The molecule has 0 aliphatic carbocycles. The first kappa shape index (κ1) is 27.9. The standard InChI is InChI=1S/C25H47NO3/c1-4-5-6-7-8-9-10-11-12-13-14-15-16-17-18-19-21-28-22-20-23-29-25(27)24-26(2)3/h8-9,11-12H,4-7,10,13-24H2,1-3H3/b9-8-,12-11-. The van der Waals surface area contributed by atoms with E-state index in [2.05, 4.69) is 31.2 Å². The maximum absolute atomic E-state index is 11.3. The molecule has 170 valence electrons. The number of esters is 1. The Hall–Kier alpha value is -1.13. The molecular formula is C25H47NO3. The normalized spacial score (nSPS) is 11.9. The van der Waals surface area contributed by atoms with Gasteiger partial charge in [0, 0.05) is 19.6 Å². The summed E-state index contributed by atoms with van der Waals surface area (Å²) in [5.41, 5.74) is 0. The van der Waals surface area contributed by atoms with Crippen LogP contribution in [0.15, 0.2) is 24.3 Å². The third-order valence-corrected chi connectivity index (χ3v) is 4.63. The topological polar surface area (TPSA) is 38.8 Å². The van der Waals surface area contributed by atoms with Gasteiger partial charge in [-0.05, 0) is 52.6 Å². The van der Waals surface area contributed by atoms with Crippen molar-refractivity contribution in [3.05, 3.63) is 24.3 Å². The molecular weight excluding hydrogens is 362 g/mol.